The van der Waals surface area contributed by atoms with Crippen molar-refractivity contribution in [3.8, 4) is 0 Å². The highest BCUT2D eigenvalue weighted by Crippen LogP contribution is 2.65. The maximum absolute atomic E-state index is 10.3. The maximum Gasteiger partial charge on any atom is 0.109 e. The molecule has 0 saturated heterocycles. The summed E-state index contributed by atoms with van der Waals surface area (Å²) in [6, 6.07) is 0. The Morgan fingerprint density at radius 2 is 1.83 bits per heavy atom. The van der Waals surface area contributed by atoms with E-state index in [9.17, 15) is 5.11 Å². The van der Waals surface area contributed by atoms with Crippen molar-refractivity contribution in [2.24, 2.45) is 17.3 Å². The normalized spacial score (nSPS) is 56.2. The summed E-state index contributed by atoms with van der Waals surface area (Å²) in [5.41, 5.74) is -0.00569. The molecule has 3 aliphatic carbocycles. The summed E-state index contributed by atoms with van der Waals surface area (Å²) in [5, 5.41) is 10.3. The average Bonchev–Trinajstić information content (AvgIpc) is 1.93. The Kier molecular flexibility index (Phi) is 1.50. The fourth-order valence-corrected chi connectivity index (χ4v) is 3.42. The number of hydrogen-bond donors (Lipinski definition) is 1. The van der Waals surface area contributed by atoms with Crippen LogP contribution >= 0.6 is 0 Å². The molecule has 3 saturated carbocycles. The van der Waals surface area contributed by atoms with Gasteiger partial charge in [0.1, 0.15) is 7.85 Å². The molecule has 4 unspecified atom stereocenters. The van der Waals surface area contributed by atoms with Crippen LogP contribution in [-0.2, 0) is 0 Å². The Bertz CT molecular complexity index is 210. The summed E-state index contributed by atoms with van der Waals surface area (Å²) >= 11 is 0. The highest BCUT2D eigenvalue weighted by atomic mass is 16.3. The van der Waals surface area contributed by atoms with Crippen molar-refractivity contribution in [2.75, 3.05) is 0 Å². The largest absolute Gasteiger partial charge is 0.390 e. The van der Waals surface area contributed by atoms with E-state index < -0.39 is 5.60 Å². The van der Waals surface area contributed by atoms with Gasteiger partial charge in [0, 0.05) is 0 Å². The third-order valence-corrected chi connectivity index (χ3v) is 4.81. The molecule has 3 aliphatic rings. The Hall–Kier alpha value is 0.0249. The molecule has 0 radical (unpaired) electrons. The van der Waals surface area contributed by atoms with Gasteiger partial charge in [-0.2, -0.15) is 0 Å². The molecule has 2 bridgehead atoms. The lowest BCUT2D eigenvalue weighted by Crippen LogP contribution is -2.62. The summed E-state index contributed by atoms with van der Waals surface area (Å²) < 4.78 is 0. The monoisotopic (exact) mass is 166 g/mol. The number of fused-ring (bicyclic) bond motifs is 2. The summed E-state index contributed by atoms with van der Waals surface area (Å²) in [6.45, 7) is 6.65. The van der Waals surface area contributed by atoms with Crippen molar-refractivity contribution < 1.29 is 5.11 Å². The van der Waals surface area contributed by atoms with E-state index in [0.29, 0.717) is 17.2 Å². The third-order valence-electron chi connectivity index (χ3n) is 4.81. The molecule has 0 aromatic rings. The molecular weight excluding hydrogens is 147 g/mol. The molecule has 0 spiro atoms. The molecule has 68 valence electrons. The minimum Gasteiger partial charge on any atom is -0.390 e. The molecule has 0 aromatic carbocycles. The van der Waals surface area contributed by atoms with Crippen LogP contribution in [0.1, 0.15) is 33.6 Å². The predicted octanol–water partition coefficient (Wildman–Crippen LogP) is 1.22. The molecule has 2 heteroatoms. The lowest BCUT2D eigenvalue weighted by Gasteiger charge is -2.65. The highest BCUT2D eigenvalue weighted by molar-refractivity contribution is 6.12. The fourth-order valence-electron chi connectivity index (χ4n) is 3.42. The van der Waals surface area contributed by atoms with Crippen LogP contribution in [0.5, 0.6) is 0 Å². The second-order valence-corrected chi connectivity index (χ2v) is 5.67. The molecule has 4 atom stereocenters. The Morgan fingerprint density at radius 3 is 2.17 bits per heavy atom. The first-order valence-electron chi connectivity index (χ1n) is 5.09. The smallest absolute Gasteiger partial charge is 0.109 e. The van der Waals surface area contributed by atoms with E-state index in [-0.39, 0.29) is 0 Å². The van der Waals surface area contributed by atoms with Crippen LogP contribution in [0.25, 0.3) is 0 Å². The third kappa shape index (κ3) is 0.796. The van der Waals surface area contributed by atoms with Crippen LogP contribution in [0.15, 0.2) is 0 Å². The van der Waals surface area contributed by atoms with Crippen molar-refractivity contribution in [3.63, 3.8) is 0 Å². The minimum absolute atomic E-state index is 0.399. The first kappa shape index (κ1) is 8.62. The summed E-state index contributed by atoms with van der Waals surface area (Å²) in [4.78, 5) is 0. The maximum atomic E-state index is 10.3. The van der Waals surface area contributed by atoms with Crippen molar-refractivity contribution in [2.45, 2.75) is 45.0 Å². The first-order valence-corrected chi connectivity index (χ1v) is 5.09. The zero-order valence-electron chi connectivity index (χ0n) is 8.59. The summed E-state index contributed by atoms with van der Waals surface area (Å²) in [6.07, 6.45) is 2.47. The Balaban J connectivity index is 2.27. The molecule has 1 N–H and O–H groups in total. The van der Waals surface area contributed by atoms with Gasteiger partial charge in [-0.15, -0.1) is 0 Å². The molecule has 0 amide bonds. The Morgan fingerprint density at radius 1 is 1.25 bits per heavy atom. The molecule has 0 heterocycles. The second kappa shape index (κ2) is 2.09. The zero-order valence-corrected chi connectivity index (χ0v) is 8.59. The van der Waals surface area contributed by atoms with Gasteiger partial charge in [0.15, 0.2) is 0 Å². The van der Waals surface area contributed by atoms with Crippen LogP contribution in [-0.4, -0.2) is 18.6 Å². The van der Waals surface area contributed by atoms with Crippen LogP contribution in [0.3, 0.4) is 0 Å². The predicted molar refractivity (Wildman–Crippen MR) is 52.9 cm³/mol. The fraction of sp³-hybridized carbons (Fsp3) is 1.00. The SMILES string of the molecule is BC1CC2CC(C2(C)C)C1(C)O. The van der Waals surface area contributed by atoms with Gasteiger partial charge in [-0.1, -0.05) is 20.3 Å². The van der Waals surface area contributed by atoms with Gasteiger partial charge < -0.3 is 5.11 Å². The standard InChI is InChI=1S/C10H19BO/c1-9(2)6-4-7(9)10(3,12)8(11)5-6/h6-8,12H,4-5,11H2,1-3H3. The van der Waals surface area contributed by atoms with Gasteiger partial charge in [-0.3, -0.25) is 0 Å². The highest BCUT2D eigenvalue weighted by Gasteiger charge is 2.61. The molecule has 3 rings (SSSR count). The van der Waals surface area contributed by atoms with Crippen molar-refractivity contribution in [1.29, 1.82) is 0 Å². The van der Waals surface area contributed by atoms with E-state index in [2.05, 4.69) is 21.7 Å². The van der Waals surface area contributed by atoms with Gasteiger partial charge in [0.25, 0.3) is 0 Å². The van der Waals surface area contributed by atoms with E-state index in [1.54, 1.807) is 0 Å². The van der Waals surface area contributed by atoms with E-state index in [1.807, 2.05) is 6.92 Å². The van der Waals surface area contributed by atoms with Crippen molar-refractivity contribution >= 4 is 7.85 Å². The van der Waals surface area contributed by atoms with E-state index in [0.717, 1.165) is 5.92 Å². The summed E-state index contributed by atoms with van der Waals surface area (Å²) in [7, 11) is 2.19. The van der Waals surface area contributed by atoms with E-state index >= 15 is 0 Å². The van der Waals surface area contributed by atoms with Gasteiger partial charge >= 0.3 is 0 Å². The molecule has 1 nitrogen and oxygen atoms in total. The first-order chi connectivity index (χ1) is 5.37. The van der Waals surface area contributed by atoms with Crippen molar-refractivity contribution in [1.82, 2.24) is 0 Å². The lowest BCUT2D eigenvalue weighted by molar-refractivity contribution is -0.191. The molecular formula is C10H19BO. The van der Waals surface area contributed by atoms with E-state index in [4.69, 9.17) is 0 Å². The van der Waals surface area contributed by atoms with Crippen LogP contribution in [0, 0.1) is 17.3 Å². The molecule has 0 aromatic heterocycles. The van der Waals surface area contributed by atoms with Gasteiger partial charge in [-0.25, -0.2) is 0 Å². The Labute approximate surface area is 76.0 Å². The average molecular weight is 166 g/mol. The topological polar surface area (TPSA) is 20.2 Å². The quantitative estimate of drug-likeness (QED) is 0.536. The second-order valence-electron chi connectivity index (χ2n) is 5.67. The summed E-state index contributed by atoms with van der Waals surface area (Å²) in [5.74, 6) is 1.91. The van der Waals surface area contributed by atoms with Crippen molar-refractivity contribution in [3.05, 3.63) is 0 Å². The molecule has 12 heavy (non-hydrogen) atoms. The molecule has 0 aliphatic heterocycles. The van der Waals surface area contributed by atoms with E-state index in [1.165, 1.54) is 12.8 Å². The van der Waals surface area contributed by atoms with Gasteiger partial charge in [0.05, 0.1) is 5.60 Å². The van der Waals surface area contributed by atoms with Crippen LogP contribution in [0.4, 0.5) is 0 Å². The van der Waals surface area contributed by atoms with Crippen LogP contribution < -0.4 is 0 Å². The zero-order chi connectivity index (χ0) is 9.15. The molecule has 3 fully saturated rings. The number of hydrogen-bond acceptors (Lipinski definition) is 1. The number of rotatable bonds is 0. The van der Waals surface area contributed by atoms with Gasteiger partial charge in [-0.05, 0) is 36.4 Å². The lowest BCUT2D eigenvalue weighted by atomic mass is 9.39. The number of aliphatic hydroxyl groups is 1. The van der Waals surface area contributed by atoms with Crippen LogP contribution in [0.2, 0.25) is 5.82 Å². The minimum atomic E-state index is -0.405. The van der Waals surface area contributed by atoms with Gasteiger partial charge in [0.2, 0.25) is 0 Å².